The lowest BCUT2D eigenvalue weighted by Crippen LogP contribution is -2.02. The van der Waals surface area contributed by atoms with E-state index < -0.39 is 0 Å². The van der Waals surface area contributed by atoms with Crippen molar-refractivity contribution in [2.75, 3.05) is 6.61 Å². The average Bonchev–Trinajstić information content (AvgIpc) is 2.33. The van der Waals surface area contributed by atoms with E-state index in [9.17, 15) is 4.39 Å². The third-order valence-corrected chi connectivity index (χ3v) is 2.88. The maximum atomic E-state index is 12.8. The molecule has 1 aromatic carbocycles. The standard InChI is InChI=1S/C13H11BrFNO/c14-12-8-11(15)3-4-13(12)17-7-5-10-2-1-6-16-9-10/h1-4,6,8-9H,5,7H2. The Hall–Kier alpha value is -1.42. The van der Waals surface area contributed by atoms with Crippen molar-refractivity contribution in [3.05, 3.63) is 58.6 Å². The fraction of sp³-hybridized carbons (Fsp3) is 0.154. The minimum atomic E-state index is -0.281. The molecule has 0 unspecified atom stereocenters. The molecule has 2 nitrogen and oxygen atoms in total. The van der Waals surface area contributed by atoms with Crippen molar-refractivity contribution in [1.82, 2.24) is 4.98 Å². The van der Waals surface area contributed by atoms with Crippen molar-refractivity contribution < 1.29 is 9.13 Å². The van der Waals surface area contributed by atoms with Crippen molar-refractivity contribution in [2.24, 2.45) is 0 Å². The monoisotopic (exact) mass is 295 g/mol. The maximum Gasteiger partial charge on any atom is 0.133 e. The lowest BCUT2D eigenvalue weighted by molar-refractivity contribution is 0.319. The SMILES string of the molecule is Fc1ccc(OCCc2cccnc2)c(Br)c1. The summed E-state index contributed by atoms with van der Waals surface area (Å²) < 4.78 is 19.0. The molecule has 88 valence electrons. The highest BCUT2D eigenvalue weighted by molar-refractivity contribution is 9.10. The first-order chi connectivity index (χ1) is 8.25. The third kappa shape index (κ3) is 3.53. The molecular formula is C13H11BrFNO. The first-order valence-electron chi connectivity index (χ1n) is 5.22. The van der Waals surface area contributed by atoms with Crippen LogP contribution in [0.1, 0.15) is 5.56 Å². The summed E-state index contributed by atoms with van der Waals surface area (Å²) in [5, 5.41) is 0. The van der Waals surface area contributed by atoms with Crippen LogP contribution in [0.4, 0.5) is 4.39 Å². The van der Waals surface area contributed by atoms with Gasteiger partial charge in [0.2, 0.25) is 0 Å². The summed E-state index contributed by atoms with van der Waals surface area (Å²) in [6.07, 6.45) is 4.32. The van der Waals surface area contributed by atoms with Crippen LogP contribution in [-0.4, -0.2) is 11.6 Å². The Labute approximate surface area is 108 Å². The Morgan fingerprint density at radius 3 is 2.88 bits per heavy atom. The molecule has 0 amide bonds. The van der Waals surface area contributed by atoms with E-state index in [0.29, 0.717) is 16.8 Å². The number of hydrogen-bond donors (Lipinski definition) is 0. The molecule has 4 heteroatoms. The Morgan fingerprint density at radius 1 is 1.29 bits per heavy atom. The number of rotatable bonds is 4. The molecular weight excluding hydrogens is 285 g/mol. The lowest BCUT2D eigenvalue weighted by atomic mass is 10.2. The summed E-state index contributed by atoms with van der Waals surface area (Å²) >= 11 is 3.26. The average molecular weight is 296 g/mol. The van der Waals surface area contributed by atoms with Gasteiger partial charge >= 0.3 is 0 Å². The highest BCUT2D eigenvalue weighted by Crippen LogP contribution is 2.25. The second-order valence-electron chi connectivity index (χ2n) is 3.53. The summed E-state index contributed by atoms with van der Waals surface area (Å²) in [5.41, 5.74) is 1.12. The van der Waals surface area contributed by atoms with Crippen LogP contribution in [0, 0.1) is 5.82 Å². The maximum absolute atomic E-state index is 12.8. The number of pyridine rings is 1. The second kappa shape index (κ2) is 5.77. The molecule has 0 aliphatic heterocycles. The summed E-state index contributed by atoms with van der Waals surface area (Å²) in [6.45, 7) is 0.538. The molecule has 1 aromatic heterocycles. The first kappa shape index (κ1) is 12.0. The summed E-state index contributed by atoms with van der Waals surface area (Å²) in [5.74, 6) is 0.367. The zero-order valence-corrected chi connectivity index (χ0v) is 10.7. The van der Waals surface area contributed by atoms with E-state index in [1.165, 1.54) is 12.1 Å². The van der Waals surface area contributed by atoms with Crippen LogP contribution in [0.25, 0.3) is 0 Å². The molecule has 0 N–H and O–H groups in total. The van der Waals surface area contributed by atoms with Gasteiger partial charge in [0.1, 0.15) is 11.6 Å². The first-order valence-corrected chi connectivity index (χ1v) is 6.02. The van der Waals surface area contributed by atoms with Crippen molar-refractivity contribution in [3.8, 4) is 5.75 Å². The van der Waals surface area contributed by atoms with Crippen LogP contribution in [0.3, 0.4) is 0 Å². The fourth-order valence-corrected chi connectivity index (χ4v) is 1.88. The van der Waals surface area contributed by atoms with Gasteiger partial charge in [0, 0.05) is 18.8 Å². The molecule has 0 fully saturated rings. The van der Waals surface area contributed by atoms with Gasteiger partial charge < -0.3 is 4.74 Å². The van der Waals surface area contributed by atoms with Gasteiger partial charge in [-0.2, -0.15) is 0 Å². The number of aromatic nitrogens is 1. The minimum Gasteiger partial charge on any atom is -0.492 e. The van der Waals surface area contributed by atoms with E-state index in [0.717, 1.165) is 12.0 Å². The van der Waals surface area contributed by atoms with E-state index in [4.69, 9.17) is 4.74 Å². The van der Waals surface area contributed by atoms with Crippen LogP contribution in [0.2, 0.25) is 0 Å². The number of nitrogens with zero attached hydrogens (tertiary/aromatic N) is 1. The highest BCUT2D eigenvalue weighted by atomic mass is 79.9. The molecule has 0 spiro atoms. The predicted octanol–water partition coefficient (Wildman–Crippen LogP) is 3.60. The molecule has 17 heavy (non-hydrogen) atoms. The molecule has 0 saturated carbocycles. The van der Waals surface area contributed by atoms with Crippen LogP contribution >= 0.6 is 15.9 Å². The van der Waals surface area contributed by atoms with Crippen molar-refractivity contribution >= 4 is 15.9 Å². The number of benzene rings is 1. The van der Waals surface area contributed by atoms with Crippen molar-refractivity contribution in [2.45, 2.75) is 6.42 Å². The highest BCUT2D eigenvalue weighted by Gasteiger charge is 2.02. The van der Waals surface area contributed by atoms with E-state index >= 15 is 0 Å². The van der Waals surface area contributed by atoms with Crippen molar-refractivity contribution in [1.29, 1.82) is 0 Å². The molecule has 0 aliphatic carbocycles. The molecule has 2 rings (SSSR count). The molecule has 0 aliphatic rings. The van der Waals surface area contributed by atoms with Crippen LogP contribution in [0.5, 0.6) is 5.75 Å². The Morgan fingerprint density at radius 2 is 2.18 bits per heavy atom. The topological polar surface area (TPSA) is 22.1 Å². The lowest BCUT2D eigenvalue weighted by Gasteiger charge is -2.07. The second-order valence-corrected chi connectivity index (χ2v) is 4.39. The van der Waals surface area contributed by atoms with Gasteiger partial charge in [-0.1, -0.05) is 6.07 Å². The van der Waals surface area contributed by atoms with E-state index in [2.05, 4.69) is 20.9 Å². The summed E-state index contributed by atoms with van der Waals surface area (Å²) in [7, 11) is 0. The minimum absolute atomic E-state index is 0.281. The zero-order valence-electron chi connectivity index (χ0n) is 9.07. The number of halogens is 2. The molecule has 0 atom stereocenters. The normalized spacial score (nSPS) is 10.2. The van der Waals surface area contributed by atoms with E-state index in [1.807, 2.05) is 18.3 Å². The smallest absolute Gasteiger partial charge is 0.133 e. The van der Waals surface area contributed by atoms with Gasteiger partial charge in [-0.05, 0) is 45.8 Å². The third-order valence-electron chi connectivity index (χ3n) is 2.27. The Bertz CT molecular complexity index is 490. The van der Waals surface area contributed by atoms with Gasteiger partial charge in [-0.25, -0.2) is 4.39 Å². The number of ether oxygens (including phenoxy) is 1. The molecule has 0 radical (unpaired) electrons. The van der Waals surface area contributed by atoms with E-state index in [1.54, 1.807) is 12.3 Å². The predicted molar refractivity (Wildman–Crippen MR) is 67.5 cm³/mol. The van der Waals surface area contributed by atoms with E-state index in [-0.39, 0.29) is 5.82 Å². The van der Waals surface area contributed by atoms with Gasteiger partial charge in [-0.3, -0.25) is 4.98 Å². The number of hydrogen-bond acceptors (Lipinski definition) is 2. The van der Waals surface area contributed by atoms with Crippen LogP contribution in [-0.2, 0) is 6.42 Å². The summed E-state index contributed by atoms with van der Waals surface area (Å²) in [4.78, 5) is 4.03. The largest absolute Gasteiger partial charge is 0.492 e. The molecule has 1 heterocycles. The Kier molecular flexibility index (Phi) is 4.09. The van der Waals surface area contributed by atoms with Crippen molar-refractivity contribution in [3.63, 3.8) is 0 Å². The summed E-state index contributed by atoms with van der Waals surface area (Å²) in [6, 6.07) is 8.27. The van der Waals surface area contributed by atoms with Crippen LogP contribution in [0.15, 0.2) is 47.2 Å². The van der Waals surface area contributed by atoms with Gasteiger partial charge in [-0.15, -0.1) is 0 Å². The molecule has 0 saturated heterocycles. The fourth-order valence-electron chi connectivity index (χ4n) is 1.42. The van der Waals surface area contributed by atoms with Gasteiger partial charge in [0.25, 0.3) is 0 Å². The molecule has 0 bridgehead atoms. The quantitative estimate of drug-likeness (QED) is 0.860. The molecule has 2 aromatic rings. The Balaban J connectivity index is 1.90. The van der Waals surface area contributed by atoms with Gasteiger partial charge in [0.05, 0.1) is 11.1 Å². The van der Waals surface area contributed by atoms with Crippen LogP contribution < -0.4 is 4.74 Å². The van der Waals surface area contributed by atoms with Gasteiger partial charge in [0.15, 0.2) is 0 Å². The zero-order chi connectivity index (χ0) is 12.1.